The molecule has 0 unspecified atom stereocenters. The SMILES string of the molecule is Nc1nc(N)c2nc(CN3CCc4cc(C(=O)N[C@@H](CCSSCC[C@H](N)C(=O)[O-])C(=O)[O-])ccc43)cnc2n1.[NH4+].[NH4+]. The Labute approximate surface area is 249 Å². The van der Waals surface area contributed by atoms with Gasteiger partial charge in [0.25, 0.3) is 5.91 Å². The summed E-state index contributed by atoms with van der Waals surface area (Å²) in [5, 5.41) is 24.8. The van der Waals surface area contributed by atoms with Crippen molar-refractivity contribution in [3.8, 4) is 0 Å². The van der Waals surface area contributed by atoms with E-state index in [2.05, 4.69) is 30.2 Å². The fourth-order valence-corrected chi connectivity index (χ4v) is 6.30. The van der Waals surface area contributed by atoms with Gasteiger partial charge in [-0.25, -0.2) is 9.97 Å². The normalized spacial score (nSPS) is 13.4. The van der Waals surface area contributed by atoms with E-state index in [1.807, 2.05) is 6.07 Å². The van der Waals surface area contributed by atoms with Crippen LogP contribution in [0.4, 0.5) is 17.5 Å². The van der Waals surface area contributed by atoms with Gasteiger partial charge in [-0.3, -0.25) is 4.79 Å². The highest BCUT2D eigenvalue weighted by Crippen LogP contribution is 2.30. The summed E-state index contributed by atoms with van der Waals surface area (Å²) in [7, 11) is 2.74. The molecule has 0 bridgehead atoms. The molecule has 0 aliphatic carbocycles. The maximum atomic E-state index is 12.8. The van der Waals surface area contributed by atoms with Crippen LogP contribution in [0.5, 0.6) is 0 Å². The predicted molar refractivity (Wildman–Crippen MR) is 161 cm³/mol. The summed E-state index contributed by atoms with van der Waals surface area (Å²) in [4.78, 5) is 54.0. The Hall–Kier alpha value is -3.97. The van der Waals surface area contributed by atoms with E-state index in [1.165, 1.54) is 21.6 Å². The number of carboxylic acid groups (broad SMARTS) is 2. The molecule has 18 heteroatoms. The maximum Gasteiger partial charge on any atom is 0.251 e. The fraction of sp³-hybridized carbons (Fsp3) is 0.375. The van der Waals surface area contributed by atoms with Crippen LogP contribution in [0.2, 0.25) is 0 Å². The number of rotatable bonds is 13. The van der Waals surface area contributed by atoms with Crippen LogP contribution < -0.4 is 49.9 Å². The van der Waals surface area contributed by atoms with E-state index in [9.17, 15) is 24.6 Å². The molecule has 3 aromatic rings. The Morgan fingerprint density at radius 2 is 1.74 bits per heavy atom. The third-order valence-corrected chi connectivity index (χ3v) is 8.64. The van der Waals surface area contributed by atoms with Gasteiger partial charge in [-0.1, -0.05) is 21.6 Å². The Morgan fingerprint density at radius 3 is 2.43 bits per heavy atom. The van der Waals surface area contributed by atoms with Gasteiger partial charge in [-0.05, 0) is 43.0 Å². The lowest BCUT2D eigenvalue weighted by atomic mass is 10.1. The van der Waals surface area contributed by atoms with Crippen molar-refractivity contribution in [2.45, 2.75) is 37.9 Å². The number of anilines is 3. The number of carbonyl (C=O) groups is 3. The van der Waals surface area contributed by atoms with Crippen LogP contribution in [0.3, 0.4) is 0 Å². The van der Waals surface area contributed by atoms with E-state index in [-0.39, 0.29) is 36.9 Å². The van der Waals surface area contributed by atoms with E-state index in [4.69, 9.17) is 17.2 Å². The highest BCUT2D eigenvalue weighted by atomic mass is 33.1. The summed E-state index contributed by atoms with van der Waals surface area (Å²) in [5.74, 6) is -2.14. The van der Waals surface area contributed by atoms with Crippen LogP contribution in [0.1, 0.15) is 34.5 Å². The number of benzene rings is 1. The highest BCUT2D eigenvalue weighted by Gasteiger charge is 2.23. The summed E-state index contributed by atoms with van der Waals surface area (Å²) in [5.41, 5.74) is 20.5. The Morgan fingerprint density at radius 1 is 1.02 bits per heavy atom. The molecule has 15 N–H and O–H groups in total. The molecular formula is C24H35N11O5S2. The fourth-order valence-electron chi connectivity index (χ4n) is 4.10. The van der Waals surface area contributed by atoms with Gasteiger partial charge in [0, 0.05) is 35.3 Å². The third kappa shape index (κ3) is 8.52. The van der Waals surface area contributed by atoms with Crippen LogP contribution >= 0.6 is 21.6 Å². The van der Waals surface area contributed by atoms with Crippen LogP contribution in [0.25, 0.3) is 11.2 Å². The van der Waals surface area contributed by atoms with Crippen molar-refractivity contribution in [1.29, 1.82) is 0 Å². The first kappa shape index (κ1) is 34.2. The molecule has 0 radical (unpaired) electrons. The minimum absolute atomic E-state index is 0. The number of quaternary nitrogens is 2. The topological polar surface area (TPSA) is 315 Å². The quantitative estimate of drug-likeness (QED) is 0.0983. The van der Waals surface area contributed by atoms with Crippen molar-refractivity contribution in [3.05, 3.63) is 41.2 Å². The zero-order valence-electron chi connectivity index (χ0n) is 23.2. The number of aromatic nitrogens is 4. The molecule has 4 rings (SSSR count). The molecule has 2 atom stereocenters. The average molecular weight is 622 g/mol. The molecule has 1 aromatic carbocycles. The van der Waals surface area contributed by atoms with Crippen molar-refractivity contribution in [1.82, 2.24) is 37.6 Å². The molecule has 16 nitrogen and oxygen atoms in total. The predicted octanol–water partition coefficient (Wildman–Crippen LogP) is -1.01. The molecule has 2 aromatic heterocycles. The number of carbonyl (C=O) groups excluding carboxylic acids is 3. The summed E-state index contributed by atoms with van der Waals surface area (Å²) in [6.07, 6.45) is 2.68. The lowest BCUT2D eigenvalue weighted by Crippen LogP contribution is -2.48. The van der Waals surface area contributed by atoms with Gasteiger partial charge in [-0.2, -0.15) is 9.97 Å². The first-order valence-corrected chi connectivity index (χ1v) is 14.8. The second-order valence-electron chi connectivity index (χ2n) is 9.01. The molecule has 0 spiro atoms. The highest BCUT2D eigenvalue weighted by molar-refractivity contribution is 8.76. The molecule has 1 amide bonds. The summed E-state index contributed by atoms with van der Waals surface area (Å²) in [6.45, 7) is 1.14. The molecular weight excluding hydrogens is 586 g/mol. The number of hydrogen-bond acceptors (Lipinski definition) is 15. The number of nitrogen functional groups attached to an aromatic ring is 2. The minimum atomic E-state index is -1.38. The van der Waals surface area contributed by atoms with Crippen molar-refractivity contribution in [2.75, 3.05) is 34.4 Å². The van der Waals surface area contributed by atoms with E-state index < -0.39 is 29.9 Å². The molecule has 3 heterocycles. The molecule has 42 heavy (non-hydrogen) atoms. The van der Waals surface area contributed by atoms with Crippen molar-refractivity contribution in [2.24, 2.45) is 5.73 Å². The van der Waals surface area contributed by atoms with Gasteiger partial charge in [0.2, 0.25) is 5.95 Å². The van der Waals surface area contributed by atoms with E-state index in [1.54, 1.807) is 18.3 Å². The second kappa shape index (κ2) is 15.3. The largest absolute Gasteiger partial charge is 0.548 e. The van der Waals surface area contributed by atoms with E-state index in [0.29, 0.717) is 53.4 Å². The molecule has 0 saturated carbocycles. The number of hydrogen-bond donors (Lipinski definition) is 6. The number of nitrogens with one attached hydrogen (secondary N) is 1. The molecule has 1 aliphatic rings. The van der Waals surface area contributed by atoms with Gasteiger partial charge in [-0.15, -0.1) is 0 Å². The second-order valence-corrected chi connectivity index (χ2v) is 11.7. The third-order valence-electron chi connectivity index (χ3n) is 6.17. The van der Waals surface area contributed by atoms with Crippen LogP contribution in [0.15, 0.2) is 24.4 Å². The summed E-state index contributed by atoms with van der Waals surface area (Å²) in [6, 6.07) is 3.01. The zero-order chi connectivity index (χ0) is 28.8. The van der Waals surface area contributed by atoms with Crippen LogP contribution in [-0.2, 0) is 22.6 Å². The number of amides is 1. The van der Waals surface area contributed by atoms with Gasteiger partial charge in [0.1, 0.15) is 0 Å². The molecule has 1 aliphatic heterocycles. The number of nitrogens with zero attached hydrogens (tertiary/aromatic N) is 5. The number of fused-ring (bicyclic) bond motifs is 2. The monoisotopic (exact) mass is 621 g/mol. The van der Waals surface area contributed by atoms with Crippen molar-refractivity contribution in [3.63, 3.8) is 0 Å². The molecule has 0 fully saturated rings. The van der Waals surface area contributed by atoms with Gasteiger partial charge < -0.3 is 59.5 Å². The summed E-state index contributed by atoms with van der Waals surface area (Å²) < 4.78 is 0. The molecule has 0 saturated heterocycles. The lowest BCUT2D eigenvalue weighted by molar-refractivity contribution is -0.309. The number of aliphatic carboxylic acids is 2. The average Bonchev–Trinajstić information content (AvgIpc) is 3.31. The number of nitrogens with two attached hydrogens (primary N) is 3. The Bertz CT molecular complexity index is 1430. The lowest BCUT2D eigenvalue weighted by Gasteiger charge is -2.21. The smallest absolute Gasteiger partial charge is 0.251 e. The van der Waals surface area contributed by atoms with Gasteiger partial charge >= 0.3 is 0 Å². The van der Waals surface area contributed by atoms with Gasteiger partial charge in [0.15, 0.2) is 17.0 Å². The maximum absolute atomic E-state index is 12.8. The van der Waals surface area contributed by atoms with E-state index >= 15 is 0 Å². The zero-order valence-corrected chi connectivity index (χ0v) is 24.9. The number of carboxylic acids is 2. The minimum Gasteiger partial charge on any atom is -0.548 e. The first-order chi connectivity index (χ1) is 19.1. The van der Waals surface area contributed by atoms with Crippen molar-refractivity contribution >= 4 is 68.1 Å². The first-order valence-electron chi connectivity index (χ1n) is 12.3. The standard InChI is InChI=1S/C24H29N9O5S2.2H3N/c25-15(22(35)36)4-7-39-40-8-5-16(23(37)38)30-21(34)13-1-2-17-12(9-13)3-6-33(17)11-14-10-28-20-18(29-14)19(26)31-24(27)32-20;;/h1-2,9-10,15-16H,3-8,11,25H2,(H,30,34)(H,35,36)(H,37,38)(H4,26,27,28,31,32);2*1H3/t15-,16-;;/m0../s1. The Balaban J connectivity index is 0.00000308. The molecule has 228 valence electrons. The van der Waals surface area contributed by atoms with Crippen LogP contribution in [0, 0.1) is 0 Å². The van der Waals surface area contributed by atoms with Crippen LogP contribution in [-0.4, -0.2) is 67.9 Å². The van der Waals surface area contributed by atoms with Crippen molar-refractivity contribution < 1.29 is 24.6 Å². The Kier molecular flexibility index (Phi) is 12.5. The van der Waals surface area contributed by atoms with Gasteiger partial charge in [0.05, 0.1) is 36.4 Å². The van der Waals surface area contributed by atoms with E-state index in [0.717, 1.165) is 11.3 Å². The summed E-state index contributed by atoms with van der Waals surface area (Å²) >= 11 is 0.